The number of nitrogens with zero attached hydrogens (tertiary/aromatic N) is 3. The van der Waals surface area contributed by atoms with Crippen molar-refractivity contribution in [3.63, 3.8) is 0 Å². The summed E-state index contributed by atoms with van der Waals surface area (Å²) in [4.78, 5) is 18.8. The molecule has 0 radical (unpaired) electrons. The molecule has 4 heterocycles. The summed E-state index contributed by atoms with van der Waals surface area (Å²) in [7, 11) is 0. The van der Waals surface area contributed by atoms with Crippen LogP contribution in [0.3, 0.4) is 0 Å². The summed E-state index contributed by atoms with van der Waals surface area (Å²) < 4.78 is 1.95. The number of fused-ring (bicyclic) bond motifs is 4. The van der Waals surface area contributed by atoms with Crippen LogP contribution in [0.15, 0.2) is 41.3 Å². The monoisotopic (exact) mass is 282 g/mol. The molecule has 0 aromatic carbocycles. The lowest BCUT2D eigenvalue weighted by molar-refractivity contribution is 0.280. The highest BCUT2D eigenvalue weighted by Crippen LogP contribution is 2.36. The predicted octanol–water partition coefficient (Wildman–Crippen LogP) is 1.45. The molecule has 2 aliphatic heterocycles. The van der Waals surface area contributed by atoms with Gasteiger partial charge in [0.15, 0.2) is 0 Å². The predicted molar refractivity (Wildman–Crippen MR) is 82.4 cm³/mol. The van der Waals surface area contributed by atoms with E-state index in [0.717, 1.165) is 31.9 Å². The lowest BCUT2D eigenvalue weighted by Crippen LogP contribution is -2.47. The van der Waals surface area contributed by atoms with Crippen molar-refractivity contribution in [2.75, 3.05) is 23.7 Å². The third-order valence-corrected chi connectivity index (χ3v) is 4.57. The molecule has 1 saturated heterocycles. The molecule has 0 aliphatic carbocycles. The van der Waals surface area contributed by atoms with E-state index in [1.54, 1.807) is 12.3 Å². The van der Waals surface area contributed by atoms with Crippen LogP contribution in [-0.2, 0) is 6.54 Å². The molecule has 2 aromatic rings. The Hall–Kier alpha value is -2.30. The second kappa shape index (κ2) is 4.62. The standard InChI is InChI=1S/C16H18N4O/c17-13-4-5-15(18-7-13)19-8-11-6-12(10-19)14-2-1-3-16(21)20(14)9-11/h1-5,7,11-12H,6,8-10,17H2/t11-,12+/m1/s1. The van der Waals surface area contributed by atoms with Gasteiger partial charge in [0.25, 0.3) is 5.56 Å². The number of rotatable bonds is 1. The fourth-order valence-corrected chi connectivity index (χ4v) is 3.67. The maximum Gasteiger partial charge on any atom is 0.250 e. The summed E-state index contributed by atoms with van der Waals surface area (Å²) in [5.74, 6) is 1.90. The van der Waals surface area contributed by atoms with E-state index in [1.807, 2.05) is 22.8 Å². The zero-order valence-electron chi connectivity index (χ0n) is 11.8. The first kappa shape index (κ1) is 12.4. The van der Waals surface area contributed by atoms with E-state index < -0.39 is 0 Å². The van der Waals surface area contributed by atoms with Gasteiger partial charge in [0.1, 0.15) is 5.82 Å². The van der Waals surface area contributed by atoms with Crippen molar-refractivity contribution in [1.82, 2.24) is 9.55 Å². The molecule has 5 heteroatoms. The van der Waals surface area contributed by atoms with Crippen LogP contribution in [0.1, 0.15) is 18.0 Å². The summed E-state index contributed by atoms with van der Waals surface area (Å²) in [5.41, 5.74) is 7.69. The van der Waals surface area contributed by atoms with E-state index in [9.17, 15) is 4.79 Å². The van der Waals surface area contributed by atoms with Crippen molar-refractivity contribution in [2.24, 2.45) is 5.92 Å². The normalized spacial score (nSPS) is 23.7. The first-order valence-corrected chi connectivity index (χ1v) is 7.37. The zero-order chi connectivity index (χ0) is 14.4. The van der Waals surface area contributed by atoms with E-state index >= 15 is 0 Å². The molecule has 2 atom stereocenters. The average molecular weight is 282 g/mol. The van der Waals surface area contributed by atoms with E-state index in [-0.39, 0.29) is 5.56 Å². The van der Waals surface area contributed by atoms with Crippen LogP contribution in [0.5, 0.6) is 0 Å². The SMILES string of the molecule is Nc1ccc(N2C[C@H]3C[C@@H](C2)c2cccc(=O)n2C3)nc1. The number of hydrogen-bond acceptors (Lipinski definition) is 4. The Kier molecular flexibility index (Phi) is 2.74. The number of aromatic nitrogens is 2. The largest absolute Gasteiger partial charge is 0.397 e. The highest BCUT2D eigenvalue weighted by molar-refractivity contribution is 5.46. The fraction of sp³-hybridized carbons (Fsp3) is 0.375. The van der Waals surface area contributed by atoms with Gasteiger partial charge in [-0.05, 0) is 30.5 Å². The Morgan fingerprint density at radius 2 is 2.05 bits per heavy atom. The smallest absolute Gasteiger partial charge is 0.250 e. The molecule has 2 aliphatic rings. The summed E-state index contributed by atoms with van der Waals surface area (Å²) in [6.45, 7) is 2.68. The lowest BCUT2D eigenvalue weighted by atomic mass is 9.83. The van der Waals surface area contributed by atoms with Gasteiger partial charge in [-0.25, -0.2) is 4.98 Å². The Balaban J connectivity index is 1.68. The summed E-state index contributed by atoms with van der Waals surface area (Å²) in [6.07, 6.45) is 2.87. The van der Waals surface area contributed by atoms with Gasteiger partial charge in [-0.15, -0.1) is 0 Å². The second-order valence-electron chi connectivity index (χ2n) is 6.05. The van der Waals surface area contributed by atoms with Crippen LogP contribution in [-0.4, -0.2) is 22.6 Å². The second-order valence-corrected chi connectivity index (χ2v) is 6.05. The van der Waals surface area contributed by atoms with E-state index in [2.05, 4.69) is 16.0 Å². The van der Waals surface area contributed by atoms with E-state index in [1.165, 1.54) is 5.69 Å². The Bertz CT molecular complexity index is 722. The molecule has 108 valence electrons. The van der Waals surface area contributed by atoms with Crippen molar-refractivity contribution >= 4 is 11.5 Å². The fourth-order valence-electron chi connectivity index (χ4n) is 3.67. The van der Waals surface area contributed by atoms with Gasteiger partial charge in [-0.2, -0.15) is 0 Å². The van der Waals surface area contributed by atoms with Crippen molar-refractivity contribution in [1.29, 1.82) is 0 Å². The zero-order valence-corrected chi connectivity index (χ0v) is 11.8. The summed E-state index contributed by atoms with van der Waals surface area (Å²) in [6, 6.07) is 9.49. The number of nitrogens with two attached hydrogens (primary N) is 1. The number of piperidine rings is 1. The molecule has 4 rings (SSSR count). The molecule has 2 N–H and O–H groups in total. The molecule has 2 aromatic heterocycles. The van der Waals surface area contributed by atoms with Gasteiger partial charge < -0.3 is 15.2 Å². The van der Waals surface area contributed by atoms with Gasteiger partial charge in [-0.1, -0.05) is 6.07 Å². The number of pyridine rings is 2. The quantitative estimate of drug-likeness (QED) is 0.860. The lowest BCUT2D eigenvalue weighted by Gasteiger charge is -2.43. The van der Waals surface area contributed by atoms with E-state index in [4.69, 9.17) is 5.73 Å². The first-order valence-electron chi connectivity index (χ1n) is 7.37. The molecular formula is C16H18N4O. The summed E-state index contributed by atoms with van der Waals surface area (Å²) >= 11 is 0. The highest BCUT2D eigenvalue weighted by atomic mass is 16.1. The van der Waals surface area contributed by atoms with Gasteiger partial charge in [0.2, 0.25) is 0 Å². The van der Waals surface area contributed by atoms with Crippen molar-refractivity contribution in [3.05, 3.63) is 52.6 Å². The minimum Gasteiger partial charge on any atom is -0.397 e. The molecule has 0 saturated carbocycles. The number of hydrogen-bond donors (Lipinski definition) is 1. The summed E-state index contributed by atoms with van der Waals surface area (Å²) in [5, 5.41) is 0. The molecular weight excluding hydrogens is 264 g/mol. The van der Waals surface area contributed by atoms with Crippen LogP contribution in [0.4, 0.5) is 11.5 Å². The van der Waals surface area contributed by atoms with Crippen molar-refractivity contribution in [2.45, 2.75) is 18.9 Å². The van der Waals surface area contributed by atoms with Crippen molar-refractivity contribution < 1.29 is 0 Å². The van der Waals surface area contributed by atoms with Gasteiger partial charge in [0, 0.05) is 37.3 Å². The molecule has 1 fully saturated rings. The third-order valence-electron chi connectivity index (χ3n) is 4.57. The molecule has 21 heavy (non-hydrogen) atoms. The highest BCUT2D eigenvalue weighted by Gasteiger charge is 2.34. The molecule has 0 spiro atoms. The van der Waals surface area contributed by atoms with Gasteiger partial charge in [-0.3, -0.25) is 4.79 Å². The van der Waals surface area contributed by atoms with Crippen LogP contribution in [0.25, 0.3) is 0 Å². The maximum absolute atomic E-state index is 12.0. The molecule has 5 nitrogen and oxygen atoms in total. The van der Waals surface area contributed by atoms with Crippen LogP contribution in [0, 0.1) is 5.92 Å². The van der Waals surface area contributed by atoms with Crippen LogP contribution < -0.4 is 16.2 Å². The number of nitrogen functional groups attached to an aromatic ring is 1. The van der Waals surface area contributed by atoms with Crippen LogP contribution >= 0.6 is 0 Å². The van der Waals surface area contributed by atoms with Crippen LogP contribution in [0.2, 0.25) is 0 Å². The van der Waals surface area contributed by atoms with Crippen molar-refractivity contribution in [3.8, 4) is 0 Å². The molecule has 0 unspecified atom stereocenters. The topological polar surface area (TPSA) is 64.2 Å². The Labute approximate surface area is 123 Å². The minimum atomic E-state index is 0.126. The van der Waals surface area contributed by atoms with Gasteiger partial charge >= 0.3 is 0 Å². The molecule has 2 bridgehead atoms. The Morgan fingerprint density at radius 1 is 1.14 bits per heavy atom. The maximum atomic E-state index is 12.0. The number of anilines is 2. The Morgan fingerprint density at radius 3 is 2.86 bits per heavy atom. The van der Waals surface area contributed by atoms with Gasteiger partial charge in [0.05, 0.1) is 11.9 Å². The van der Waals surface area contributed by atoms with E-state index in [0.29, 0.717) is 17.5 Å². The average Bonchev–Trinajstić information content (AvgIpc) is 2.49. The molecule has 0 amide bonds. The third kappa shape index (κ3) is 2.09. The first-order chi connectivity index (χ1) is 10.2. The minimum absolute atomic E-state index is 0.126.